The predicted molar refractivity (Wildman–Crippen MR) is 78.2 cm³/mol. The smallest absolute Gasteiger partial charge is 0.304 e. The summed E-state index contributed by atoms with van der Waals surface area (Å²) in [6.07, 6.45) is -1.45. The molecule has 0 radical (unpaired) electrons. The van der Waals surface area contributed by atoms with E-state index in [1.165, 1.54) is 17.0 Å². The van der Waals surface area contributed by atoms with E-state index in [4.69, 9.17) is 0 Å². The molecule has 2 aromatic rings. The lowest BCUT2D eigenvalue weighted by Gasteiger charge is -2.12. The van der Waals surface area contributed by atoms with Gasteiger partial charge in [0.25, 0.3) is 0 Å². The summed E-state index contributed by atoms with van der Waals surface area (Å²) in [4.78, 5) is 5.58. The average Bonchev–Trinajstić information content (AvgIpc) is 2.93. The van der Waals surface area contributed by atoms with Gasteiger partial charge in [-0.1, -0.05) is 19.1 Å². The van der Waals surface area contributed by atoms with Crippen LogP contribution < -0.4 is 5.32 Å². The molecule has 0 aliphatic heterocycles. The van der Waals surface area contributed by atoms with Gasteiger partial charge in [-0.3, -0.25) is 0 Å². The molecule has 1 aromatic carbocycles. The summed E-state index contributed by atoms with van der Waals surface area (Å²) in [7, 11) is 0. The third kappa shape index (κ3) is 4.28. The Hall–Kier alpha value is -1.40. The molecule has 0 spiro atoms. The van der Waals surface area contributed by atoms with E-state index in [-0.39, 0.29) is 6.04 Å². The van der Waals surface area contributed by atoms with Crippen LogP contribution in [-0.2, 0) is 19.1 Å². The normalized spacial score (nSPS) is 13.4. The van der Waals surface area contributed by atoms with Gasteiger partial charge in [-0.15, -0.1) is 11.3 Å². The lowest BCUT2D eigenvalue weighted by Crippen LogP contribution is -2.18. The van der Waals surface area contributed by atoms with Crippen molar-refractivity contribution in [3.8, 4) is 0 Å². The molecule has 0 bridgehead atoms. The predicted octanol–water partition coefficient (Wildman–Crippen LogP) is 4.58. The maximum Gasteiger partial charge on any atom is 0.416 e. The van der Waals surface area contributed by atoms with Crippen molar-refractivity contribution in [1.82, 2.24) is 10.3 Å². The van der Waals surface area contributed by atoms with Crippen LogP contribution in [0.5, 0.6) is 0 Å². The molecule has 0 aliphatic carbocycles. The van der Waals surface area contributed by atoms with Gasteiger partial charge in [0, 0.05) is 17.6 Å². The minimum atomic E-state index is -4.28. The highest BCUT2D eigenvalue weighted by atomic mass is 32.1. The first kappa shape index (κ1) is 16.0. The van der Waals surface area contributed by atoms with Gasteiger partial charge in [0.1, 0.15) is 5.01 Å². The third-order valence-electron chi connectivity index (χ3n) is 3.18. The molecule has 0 saturated heterocycles. The lowest BCUT2D eigenvalue weighted by molar-refractivity contribution is -0.137. The van der Waals surface area contributed by atoms with Crippen molar-refractivity contribution in [3.63, 3.8) is 0 Å². The zero-order valence-corrected chi connectivity index (χ0v) is 12.7. The van der Waals surface area contributed by atoms with Crippen molar-refractivity contribution >= 4 is 11.3 Å². The average molecular weight is 314 g/mol. The molecule has 2 nitrogen and oxygen atoms in total. The van der Waals surface area contributed by atoms with Gasteiger partial charge in [-0.05, 0) is 31.0 Å². The van der Waals surface area contributed by atoms with Gasteiger partial charge < -0.3 is 5.32 Å². The Labute approximate surface area is 126 Å². The van der Waals surface area contributed by atoms with E-state index >= 15 is 0 Å². The maximum absolute atomic E-state index is 12.5. The van der Waals surface area contributed by atoms with Crippen LogP contribution in [0.4, 0.5) is 13.2 Å². The number of halogens is 3. The minimum absolute atomic E-state index is 0.0811. The molecule has 114 valence electrons. The molecule has 0 aliphatic rings. The van der Waals surface area contributed by atoms with Gasteiger partial charge in [0.15, 0.2) is 0 Å². The maximum atomic E-state index is 12.5. The topological polar surface area (TPSA) is 24.9 Å². The van der Waals surface area contributed by atoms with Gasteiger partial charge in [0.05, 0.1) is 11.6 Å². The van der Waals surface area contributed by atoms with Crippen molar-refractivity contribution in [2.24, 2.45) is 0 Å². The number of nitrogens with one attached hydrogen (secondary N) is 1. The van der Waals surface area contributed by atoms with Crippen LogP contribution >= 0.6 is 11.3 Å². The Morgan fingerprint density at radius 2 is 1.90 bits per heavy atom. The zero-order chi connectivity index (χ0) is 15.5. The Morgan fingerprint density at radius 3 is 2.43 bits per heavy atom. The molecule has 6 heteroatoms. The molecule has 1 unspecified atom stereocenters. The molecule has 1 heterocycles. The number of thiazole rings is 1. The second-order valence-corrected chi connectivity index (χ2v) is 5.96. The number of nitrogens with zero attached hydrogens (tertiary/aromatic N) is 1. The molecule has 0 saturated carbocycles. The van der Waals surface area contributed by atoms with Crippen molar-refractivity contribution in [2.75, 3.05) is 0 Å². The van der Waals surface area contributed by atoms with E-state index in [9.17, 15) is 13.2 Å². The summed E-state index contributed by atoms with van der Waals surface area (Å²) >= 11 is 1.66. The fourth-order valence-electron chi connectivity index (χ4n) is 1.86. The summed E-state index contributed by atoms with van der Waals surface area (Å²) in [6, 6.07) is 5.31. The van der Waals surface area contributed by atoms with Crippen LogP contribution in [-0.4, -0.2) is 4.98 Å². The first-order chi connectivity index (χ1) is 9.90. The minimum Gasteiger partial charge on any atom is -0.304 e. The SMILES string of the molecule is CCc1cnc(C(C)NCc2ccc(C(F)(F)F)cc2)s1. The number of alkyl halides is 3. The molecule has 2 rings (SSSR count). The van der Waals surface area contributed by atoms with Crippen LogP contribution in [0.3, 0.4) is 0 Å². The molecule has 1 atom stereocenters. The fraction of sp³-hybridized carbons (Fsp3) is 0.400. The third-order valence-corrected chi connectivity index (χ3v) is 4.51. The number of rotatable bonds is 5. The van der Waals surface area contributed by atoms with E-state index in [1.807, 2.05) is 13.1 Å². The Balaban J connectivity index is 1.93. The molecule has 0 fully saturated rings. The molecular weight excluding hydrogens is 297 g/mol. The number of aromatic nitrogens is 1. The summed E-state index contributed by atoms with van der Waals surface area (Å²) in [6.45, 7) is 4.60. The highest BCUT2D eigenvalue weighted by molar-refractivity contribution is 7.11. The van der Waals surface area contributed by atoms with E-state index in [0.29, 0.717) is 6.54 Å². The van der Waals surface area contributed by atoms with Crippen LogP contribution in [0, 0.1) is 0 Å². The fourth-order valence-corrected chi connectivity index (χ4v) is 2.74. The monoisotopic (exact) mass is 314 g/mol. The highest BCUT2D eigenvalue weighted by Gasteiger charge is 2.29. The van der Waals surface area contributed by atoms with Crippen LogP contribution in [0.15, 0.2) is 30.5 Å². The van der Waals surface area contributed by atoms with Crippen LogP contribution in [0.1, 0.15) is 40.9 Å². The molecule has 1 aromatic heterocycles. The second-order valence-electron chi connectivity index (χ2n) is 4.82. The van der Waals surface area contributed by atoms with Crippen LogP contribution in [0.2, 0.25) is 0 Å². The second kappa shape index (κ2) is 6.58. The standard InChI is InChI=1S/C15H17F3N2S/c1-3-13-9-20-14(21-13)10(2)19-8-11-4-6-12(7-5-11)15(16,17)18/h4-7,9-10,19H,3,8H2,1-2H3. The first-order valence-corrected chi connectivity index (χ1v) is 7.56. The highest BCUT2D eigenvalue weighted by Crippen LogP contribution is 2.29. The van der Waals surface area contributed by atoms with Gasteiger partial charge in [0.2, 0.25) is 0 Å². The lowest BCUT2D eigenvalue weighted by atomic mass is 10.1. The van der Waals surface area contributed by atoms with E-state index in [2.05, 4.69) is 17.2 Å². The Bertz CT molecular complexity index is 575. The Morgan fingerprint density at radius 1 is 1.24 bits per heavy atom. The molecule has 21 heavy (non-hydrogen) atoms. The molecular formula is C15H17F3N2S. The Kier molecular flexibility index (Phi) is 5.00. The summed E-state index contributed by atoms with van der Waals surface area (Å²) in [5.74, 6) is 0. The van der Waals surface area contributed by atoms with Crippen molar-refractivity contribution in [1.29, 1.82) is 0 Å². The largest absolute Gasteiger partial charge is 0.416 e. The quantitative estimate of drug-likeness (QED) is 0.874. The summed E-state index contributed by atoms with van der Waals surface area (Å²) in [5, 5.41) is 4.28. The zero-order valence-electron chi connectivity index (χ0n) is 11.9. The summed E-state index contributed by atoms with van der Waals surface area (Å²) in [5.41, 5.74) is 0.203. The van der Waals surface area contributed by atoms with Crippen LogP contribution in [0.25, 0.3) is 0 Å². The van der Waals surface area contributed by atoms with Crippen molar-refractivity contribution in [2.45, 2.75) is 39.0 Å². The molecule has 1 N–H and O–H groups in total. The van der Waals surface area contributed by atoms with Gasteiger partial charge >= 0.3 is 6.18 Å². The van der Waals surface area contributed by atoms with Crippen molar-refractivity contribution < 1.29 is 13.2 Å². The first-order valence-electron chi connectivity index (χ1n) is 6.74. The number of hydrogen-bond acceptors (Lipinski definition) is 3. The number of benzene rings is 1. The van der Waals surface area contributed by atoms with Gasteiger partial charge in [-0.2, -0.15) is 13.2 Å². The molecule has 0 amide bonds. The number of aryl methyl sites for hydroxylation is 1. The number of hydrogen-bond donors (Lipinski definition) is 1. The summed E-state index contributed by atoms with van der Waals surface area (Å²) < 4.78 is 37.4. The van der Waals surface area contributed by atoms with Crippen molar-refractivity contribution in [3.05, 3.63) is 51.5 Å². The van der Waals surface area contributed by atoms with E-state index in [0.717, 1.165) is 29.1 Å². The van der Waals surface area contributed by atoms with E-state index < -0.39 is 11.7 Å². The van der Waals surface area contributed by atoms with Gasteiger partial charge in [-0.25, -0.2) is 4.98 Å². The van der Waals surface area contributed by atoms with E-state index in [1.54, 1.807) is 11.3 Å².